The average Bonchev–Trinajstić information content (AvgIpc) is 2.71. The molecule has 88 valence electrons. The van der Waals surface area contributed by atoms with Crippen molar-refractivity contribution in [2.75, 3.05) is 6.61 Å². The number of nitrogens with one attached hydrogen (secondary N) is 1. The molecule has 1 aromatic carbocycles. The van der Waals surface area contributed by atoms with Crippen LogP contribution in [0.4, 0.5) is 0 Å². The lowest BCUT2D eigenvalue weighted by Gasteiger charge is -2.30. The van der Waals surface area contributed by atoms with Gasteiger partial charge in [-0.05, 0) is 18.9 Å². The molecule has 0 aromatic heterocycles. The quantitative estimate of drug-likeness (QED) is 0.839. The minimum Gasteiger partial charge on any atom is -0.301 e. The third-order valence-corrected chi connectivity index (χ3v) is 3.66. The Kier molecular flexibility index (Phi) is 3.62. The first-order valence-electron chi connectivity index (χ1n) is 6.22. The summed E-state index contributed by atoms with van der Waals surface area (Å²) in [5.41, 5.74) is 4.52. The molecule has 0 radical (unpaired) electrons. The first kappa shape index (κ1) is 11.6. The highest BCUT2D eigenvalue weighted by Gasteiger charge is 2.40. The van der Waals surface area contributed by atoms with Gasteiger partial charge in [0.05, 0.1) is 12.1 Å². The summed E-state index contributed by atoms with van der Waals surface area (Å²) in [6.45, 7) is 5.31. The normalized spacial score (nSPS) is 29.5. The molecule has 0 amide bonds. The zero-order chi connectivity index (χ0) is 11.4. The number of hydroxylamine groups is 1. The minimum absolute atomic E-state index is 0.0174. The van der Waals surface area contributed by atoms with Crippen molar-refractivity contribution in [3.05, 3.63) is 35.9 Å². The Balaban J connectivity index is 2.16. The van der Waals surface area contributed by atoms with E-state index in [0.717, 1.165) is 6.61 Å². The van der Waals surface area contributed by atoms with Gasteiger partial charge in [-0.15, -0.1) is 0 Å². The van der Waals surface area contributed by atoms with Crippen LogP contribution in [0.2, 0.25) is 0 Å². The Labute approximate surface area is 98.0 Å². The summed E-state index contributed by atoms with van der Waals surface area (Å²) in [5, 5.41) is 0. The predicted octanol–water partition coefficient (Wildman–Crippen LogP) is 3.24. The summed E-state index contributed by atoms with van der Waals surface area (Å²) in [5.74, 6) is 0.579. The van der Waals surface area contributed by atoms with Gasteiger partial charge in [-0.2, -0.15) is 5.48 Å². The number of unbranched alkanes of at least 4 members (excludes halogenated alkanes) is 1. The van der Waals surface area contributed by atoms with Crippen molar-refractivity contribution in [2.45, 2.75) is 38.6 Å². The van der Waals surface area contributed by atoms with Crippen molar-refractivity contribution in [1.82, 2.24) is 5.48 Å². The lowest BCUT2D eigenvalue weighted by molar-refractivity contribution is 0.0654. The molecule has 0 saturated carbocycles. The maximum atomic E-state index is 5.47. The zero-order valence-electron chi connectivity index (χ0n) is 10.2. The SMILES string of the molecule is CCCC[C@H]1CON[C@]1(C)c1ccccc1. The molecule has 0 spiro atoms. The van der Waals surface area contributed by atoms with Gasteiger partial charge in [0.15, 0.2) is 0 Å². The fraction of sp³-hybridized carbons (Fsp3) is 0.571. The van der Waals surface area contributed by atoms with Crippen LogP contribution in [0, 0.1) is 5.92 Å². The molecular formula is C14H21NO. The molecule has 1 aromatic rings. The van der Waals surface area contributed by atoms with Gasteiger partial charge >= 0.3 is 0 Å². The minimum atomic E-state index is -0.0174. The van der Waals surface area contributed by atoms with Crippen molar-refractivity contribution < 1.29 is 4.84 Å². The molecule has 0 bridgehead atoms. The highest BCUT2D eigenvalue weighted by molar-refractivity contribution is 5.25. The summed E-state index contributed by atoms with van der Waals surface area (Å²) >= 11 is 0. The highest BCUT2D eigenvalue weighted by Crippen LogP contribution is 2.36. The van der Waals surface area contributed by atoms with Crippen LogP contribution in [0.5, 0.6) is 0 Å². The molecule has 1 aliphatic heterocycles. The smallest absolute Gasteiger partial charge is 0.0732 e. The number of benzene rings is 1. The van der Waals surface area contributed by atoms with Gasteiger partial charge in [-0.1, -0.05) is 50.1 Å². The van der Waals surface area contributed by atoms with Gasteiger partial charge in [-0.25, -0.2) is 0 Å². The summed E-state index contributed by atoms with van der Waals surface area (Å²) in [7, 11) is 0. The first-order chi connectivity index (χ1) is 7.77. The Bertz CT molecular complexity index is 325. The molecule has 1 saturated heterocycles. The molecule has 1 aliphatic rings. The monoisotopic (exact) mass is 219 g/mol. The molecule has 2 rings (SSSR count). The van der Waals surface area contributed by atoms with Gasteiger partial charge in [0.25, 0.3) is 0 Å². The van der Waals surface area contributed by atoms with E-state index in [1.165, 1.54) is 24.8 Å². The van der Waals surface area contributed by atoms with E-state index in [0.29, 0.717) is 5.92 Å². The van der Waals surface area contributed by atoms with E-state index in [-0.39, 0.29) is 5.54 Å². The summed E-state index contributed by atoms with van der Waals surface area (Å²) in [6, 6.07) is 10.6. The summed E-state index contributed by atoms with van der Waals surface area (Å²) < 4.78 is 0. The van der Waals surface area contributed by atoms with E-state index in [9.17, 15) is 0 Å². The fourth-order valence-electron chi connectivity index (χ4n) is 2.44. The van der Waals surface area contributed by atoms with Crippen LogP contribution < -0.4 is 5.48 Å². The van der Waals surface area contributed by atoms with Crippen LogP contribution in [0.3, 0.4) is 0 Å². The molecule has 1 fully saturated rings. The third kappa shape index (κ3) is 2.13. The van der Waals surface area contributed by atoms with E-state index in [2.05, 4.69) is 49.7 Å². The second-order valence-electron chi connectivity index (χ2n) is 4.82. The third-order valence-electron chi connectivity index (χ3n) is 3.66. The van der Waals surface area contributed by atoms with Crippen LogP contribution in [-0.2, 0) is 10.4 Å². The topological polar surface area (TPSA) is 21.3 Å². The van der Waals surface area contributed by atoms with Gasteiger partial charge < -0.3 is 4.84 Å². The summed E-state index contributed by atoms with van der Waals surface area (Å²) in [6.07, 6.45) is 3.76. The molecule has 0 aliphatic carbocycles. The first-order valence-corrected chi connectivity index (χ1v) is 6.22. The van der Waals surface area contributed by atoms with Gasteiger partial charge in [-0.3, -0.25) is 0 Å². The number of rotatable bonds is 4. The lowest BCUT2D eigenvalue weighted by atomic mass is 9.79. The Morgan fingerprint density at radius 2 is 2.12 bits per heavy atom. The standard InChI is InChI=1S/C14H21NO/c1-3-4-8-13-11-16-15-14(13,2)12-9-6-5-7-10-12/h5-7,9-10,13,15H,3-4,8,11H2,1-2H3/t13-,14+/m0/s1. The van der Waals surface area contributed by atoms with E-state index in [4.69, 9.17) is 4.84 Å². The fourth-order valence-corrected chi connectivity index (χ4v) is 2.44. The zero-order valence-corrected chi connectivity index (χ0v) is 10.2. The van der Waals surface area contributed by atoms with E-state index >= 15 is 0 Å². The van der Waals surface area contributed by atoms with Crippen LogP contribution in [-0.4, -0.2) is 6.61 Å². The van der Waals surface area contributed by atoms with Crippen molar-refractivity contribution in [1.29, 1.82) is 0 Å². The van der Waals surface area contributed by atoms with Gasteiger partial charge in [0, 0.05) is 5.92 Å². The van der Waals surface area contributed by atoms with Crippen LogP contribution in [0.25, 0.3) is 0 Å². The molecule has 2 nitrogen and oxygen atoms in total. The largest absolute Gasteiger partial charge is 0.301 e. The molecule has 1 N–H and O–H groups in total. The van der Waals surface area contributed by atoms with Crippen molar-refractivity contribution in [2.24, 2.45) is 5.92 Å². The second-order valence-corrected chi connectivity index (χ2v) is 4.82. The molecule has 0 unspecified atom stereocenters. The molecule has 16 heavy (non-hydrogen) atoms. The second kappa shape index (κ2) is 4.98. The Hall–Kier alpha value is -0.860. The van der Waals surface area contributed by atoms with E-state index in [1.807, 2.05) is 0 Å². The number of hydrogen-bond donors (Lipinski definition) is 1. The van der Waals surface area contributed by atoms with Gasteiger partial charge in [0.2, 0.25) is 0 Å². The van der Waals surface area contributed by atoms with E-state index < -0.39 is 0 Å². The number of hydrogen-bond acceptors (Lipinski definition) is 2. The van der Waals surface area contributed by atoms with Crippen molar-refractivity contribution in [3.63, 3.8) is 0 Å². The molecule has 1 heterocycles. The Morgan fingerprint density at radius 3 is 2.81 bits per heavy atom. The maximum absolute atomic E-state index is 5.47. The van der Waals surface area contributed by atoms with Crippen molar-refractivity contribution in [3.8, 4) is 0 Å². The van der Waals surface area contributed by atoms with Crippen LogP contribution >= 0.6 is 0 Å². The highest BCUT2D eigenvalue weighted by atomic mass is 16.7. The van der Waals surface area contributed by atoms with E-state index in [1.54, 1.807) is 0 Å². The average molecular weight is 219 g/mol. The lowest BCUT2D eigenvalue weighted by Crippen LogP contribution is -2.38. The van der Waals surface area contributed by atoms with Gasteiger partial charge in [0.1, 0.15) is 0 Å². The molecule has 2 heteroatoms. The molecular weight excluding hydrogens is 198 g/mol. The van der Waals surface area contributed by atoms with Crippen molar-refractivity contribution >= 4 is 0 Å². The predicted molar refractivity (Wildman–Crippen MR) is 65.9 cm³/mol. The Morgan fingerprint density at radius 1 is 1.38 bits per heavy atom. The maximum Gasteiger partial charge on any atom is 0.0732 e. The summed E-state index contributed by atoms with van der Waals surface area (Å²) in [4.78, 5) is 5.47. The molecule has 2 atom stereocenters. The van der Waals surface area contributed by atoms with Crippen LogP contribution in [0.1, 0.15) is 38.7 Å². The van der Waals surface area contributed by atoms with Crippen LogP contribution in [0.15, 0.2) is 30.3 Å².